The number of aliphatic hydroxyl groups is 1. The lowest BCUT2D eigenvalue weighted by molar-refractivity contribution is -0.140. The molecule has 3 N–H and O–H groups in total. The molecule has 0 aliphatic carbocycles. The predicted molar refractivity (Wildman–Crippen MR) is 130 cm³/mol. The molecule has 36 heavy (non-hydrogen) atoms. The maximum atomic E-state index is 14.5. The van der Waals surface area contributed by atoms with Gasteiger partial charge >= 0.3 is 0 Å². The fourth-order valence-electron chi connectivity index (χ4n) is 4.29. The minimum Gasteiger partial charge on any atom is -0.394 e. The van der Waals surface area contributed by atoms with Gasteiger partial charge in [-0.2, -0.15) is 0 Å². The number of halogens is 2. The molecule has 1 atom stereocenters. The Morgan fingerprint density at radius 3 is 2.78 bits per heavy atom. The standard InChI is InChI=1S/C25H23ClFN5O4/c26-17-2-1-3-18(27)21(17)23-30-19-11-28-25(35)22(19)24(31-23)29-15-6-4-14(5-7-15)10-20(34)32-8-9-36-13-16(32)12-33/h1-7,16,33H,8-13H2,(H,28,35)(H,29,30,31). The number of rotatable bonds is 6. The van der Waals surface area contributed by atoms with Crippen molar-refractivity contribution >= 4 is 34.9 Å². The van der Waals surface area contributed by atoms with Crippen molar-refractivity contribution in [2.24, 2.45) is 0 Å². The van der Waals surface area contributed by atoms with Crippen LogP contribution in [0.5, 0.6) is 0 Å². The average molecular weight is 512 g/mol. The third-order valence-corrected chi connectivity index (χ3v) is 6.46. The smallest absolute Gasteiger partial charge is 0.257 e. The number of aliphatic hydroxyl groups excluding tert-OH is 1. The van der Waals surface area contributed by atoms with E-state index in [9.17, 15) is 19.1 Å². The van der Waals surface area contributed by atoms with E-state index in [1.165, 1.54) is 12.1 Å². The number of amides is 2. The zero-order valence-electron chi connectivity index (χ0n) is 19.1. The number of ether oxygens (including phenoxy) is 1. The minimum absolute atomic E-state index is 0.0579. The van der Waals surface area contributed by atoms with Crippen molar-refractivity contribution in [3.05, 3.63) is 70.1 Å². The number of benzene rings is 2. The molecule has 0 saturated carbocycles. The van der Waals surface area contributed by atoms with Gasteiger partial charge in [-0.05, 0) is 29.8 Å². The highest BCUT2D eigenvalue weighted by Gasteiger charge is 2.29. The van der Waals surface area contributed by atoms with Crippen LogP contribution in [0, 0.1) is 5.82 Å². The molecule has 5 rings (SSSR count). The van der Waals surface area contributed by atoms with Crippen LogP contribution in [0.25, 0.3) is 11.4 Å². The lowest BCUT2D eigenvalue weighted by atomic mass is 10.1. The molecule has 1 unspecified atom stereocenters. The molecule has 0 bridgehead atoms. The lowest BCUT2D eigenvalue weighted by Crippen LogP contribution is -2.51. The third-order valence-electron chi connectivity index (χ3n) is 6.14. The number of hydrogen-bond acceptors (Lipinski definition) is 7. The van der Waals surface area contributed by atoms with Gasteiger partial charge in [-0.15, -0.1) is 0 Å². The molecular weight excluding hydrogens is 489 g/mol. The molecule has 3 aromatic rings. The molecule has 2 amide bonds. The van der Waals surface area contributed by atoms with Crippen LogP contribution in [0.1, 0.15) is 21.6 Å². The number of nitrogens with zero attached hydrogens (tertiary/aromatic N) is 3. The number of fused-ring (bicyclic) bond motifs is 1. The van der Waals surface area contributed by atoms with E-state index in [1.54, 1.807) is 35.2 Å². The second kappa shape index (κ2) is 10.2. The van der Waals surface area contributed by atoms with Crippen molar-refractivity contribution in [3.63, 3.8) is 0 Å². The normalized spacial score (nSPS) is 17.0. The minimum atomic E-state index is -0.566. The molecule has 1 aromatic heterocycles. The summed E-state index contributed by atoms with van der Waals surface area (Å²) in [6.45, 7) is 1.26. The molecule has 9 nitrogen and oxygen atoms in total. The van der Waals surface area contributed by atoms with Gasteiger partial charge < -0.3 is 25.4 Å². The van der Waals surface area contributed by atoms with E-state index in [4.69, 9.17) is 16.3 Å². The molecule has 186 valence electrons. The molecule has 0 spiro atoms. The van der Waals surface area contributed by atoms with Crippen LogP contribution in [0.3, 0.4) is 0 Å². The van der Waals surface area contributed by atoms with Crippen LogP contribution < -0.4 is 10.6 Å². The monoisotopic (exact) mass is 511 g/mol. The predicted octanol–water partition coefficient (Wildman–Crippen LogP) is 2.69. The molecule has 2 aliphatic rings. The highest BCUT2D eigenvalue weighted by molar-refractivity contribution is 6.33. The summed E-state index contributed by atoms with van der Waals surface area (Å²) in [6.07, 6.45) is 0.179. The van der Waals surface area contributed by atoms with Crippen molar-refractivity contribution < 1.29 is 23.8 Å². The summed E-state index contributed by atoms with van der Waals surface area (Å²) in [5, 5.41) is 15.5. The fraction of sp³-hybridized carbons (Fsp3) is 0.280. The van der Waals surface area contributed by atoms with E-state index in [0.717, 1.165) is 5.56 Å². The Morgan fingerprint density at radius 1 is 1.22 bits per heavy atom. The van der Waals surface area contributed by atoms with Crippen molar-refractivity contribution in [2.75, 3.05) is 31.7 Å². The molecule has 2 aromatic carbocycles. The number of morpholine rings is 1. The molecular formula is C25H23ClFN5O4. The molecule has 0 radical (unpaired) electrons. The zero-order valence-corrected chi connectivity index (χ0v) is 19.9. The highest BCUT2D eigenvalue weighted by atomic mass is 35.5. The number of hydrogen-bond donors (Lipinski definition) is 3. The van der Waals surface area contributed by atoms with Gasteiger partial charge in [-0.1, -0.05) is 29.8 Å². The Kier molecular flexibility index (Phi) is 6.82. The van der Waals surface area contributed by atoms with E-state index in [0.29, 0.717) is 31.1 Å². The largest absolute Gasteiger partial charge is 0.394 e. The van der Waals surface area contributed by atoms with Crippen LogP contribution in [-0.4, -0.2) is 64.2 Å². The maximum Gasteiger partial charge on any atom is 0.257 e. The lowest BCUT2D eigenvalue weighted by Gasteiger charge is -2.34. The first-order chi connectivity index (χ1) is 17.4. The summed E-state index contributed by atoms with van der Waals surface area (Å²) in [4.78, 5) is 35.6. The van der Waals surface area contributed by atoms with Gasteiger partial charge in [0.25, 0.3) is 5.91 Å². The molecule has 1 saturated heterocycles. The SMILES string of the molecule is O=C1NCc2nc(-c3c(F)cccc3Cl)nc(Nc3ccc(CC(=O)N4CCOCC4CO)cc3)c21. The van der Waals surface area contributed by atoms with E-state index in [2.05, 4.69) is 20.6 Å². The summed E-state index contributed by atoms with van der Waals surface area (Å²) >= 11 is 6.21. The van der Waals surface area contributed by atoms with Crippen molar-refractivity contribution in [2.45, 2.75) is 19.0 Å². The Morgan fingerprint density at radius 2 is 2.03 bits per heavy atom. The van der Waals surface area contributed by atoms with Gasteiger partial charge in [-0.3, -0.25) is 9.59 Å². The second-order valence-electron chi connectivity index (χ2n) is 8.49. The molecule has 1 fully saturated rings. The summed E-state index contributed by atoms with van der Waals surface area (Å²) in [6, 6.07) is 11.1. The fourth-order valence-corrected chi connectivity index (χ4v) is 4.54. The highest BCUT2D eigenvalue weighted by Crippen LogP contribution is 2.32. The Balaban J connectivity index is 1.38. The number of carbonyl (C=O) groups is 2. The summed E-state index contributed by atoms with van der Waals surface area (Å²) < 4.78 is 19.9. The first kappa shape index (κ1) is 24.1. The third kappa shape index (κ3) is 4.75. The quantitative estimate of drug-likeness (QED) is 0.466. The van der Waals surface area contributed by atoms with Gasteiger partial charge in [-0.25, -0.2) is 14.4 Å². The van der Waals surface area contributed by atoms with Gasteiger partial charge in [0.1, 0.15) is 17.2 Å². The maximum absolute atomic E-state index is 14.5. The van der Waals surface area contributed by atoms with Crippen LogP contribution in [-0.2, 0) is 22.5 Å². The Labute approximate surface area is 211 Å². The Hall–Kier alpha value is -3.60. The summed E-state index contributed by atoms with van der Waals surface area (Å²) in [5.74, 6) is -0.683. The van der Waals surface area contributed by atoms with Crippen LogP contribution in [0.2, 0.25) is 5.02 Å². The van der Waals surface area contributed by atoms with Crippen LogP contribution in [0.15, 0.2) is 42.5 Å². The van der Waals surface area contributed by atoms with Crippen molar-refractivity contribution in [3.8, 4) is 11.4 Å². The number of nitrogens with one attached hydrogen (secondary N) is 2. The van der Waals surface area contributed by atoms with E-state index < -0.39 is 5.82 Å². The first-order valence-corrected chi connectivity index (χ1v) is 11.8. The van der Waals surface area contributed by atoms with Crippen molar-refractivity contribution in [1.82, 2.24) is 20.2 Å². The molecule has 2 aliphatic heterocycles. The Bertz CT molecular complexity index is 1300. The van der Waals surface area contributed by atoms with E-state index >= 15 is 0 Å². The van der Waals surface area contributed by atoms with Gasteiger partial charge in [0.2, 0.25) is 5.91 Å². The van der Waals surface area contributed by atoms with Crippen molar-refractivity contribution in [1.29, 1.82) is 0 Å². The van der Waals surface area contributed by atoms with Gasteiger partial charge in [0, 0.05) is 12.2 Å². The first-order valence-electron chi connectivity index (χ1n) is 11.4. The molecule has 11 heteroatoms. The summed E-state index contributed by atoms with van der Waals surface area (Å²) in [5.41, 5.74) is 2.20. The average Bonchev–Trinajstić information content (AvgIpc) is 3.26. The van der Waals surface area contributed by atoms with Crippen LogP contribution >= 0.6 is 11.6 Å². The topological polar surface area (TPSA) is 117 Å². The van der Waals surface area contributed by atoms with Crippen LogP contribution in [0.4, 0.5) is 15.9 Å². The van der Waals surface area contributed by atoms with E-state index in [-0.39, 0.29) is 65.2 Å². The summed E-state index contributed by atoms with van der Waals surface area (Å²) in [7, 11) is 0. The number of carbonyl (C=O) groups excluding carboxylic acids is 2. The van der Waals surface area contributed by atoms with Gasteiger partial charge in [0.15, 0.2) is 5.82 Å². The number of aromatic nitrogens is 2. The number of anilines is 2. The molecule has 3 heterocycles. The van der Waals surface area contributed by atoms with Gasteiger partial charge in [0.05, 0.1) is 55.1 Å². The zero-order chi connectivity index (χ0) is 25.2. The second-order valence-corrected chi connectivity index (χ2v) is 8.90. The van der Waals surface area contributed by atoms with E-state index in [1.807, 2.05) is 0 Å².